The lowest BCUT2D eigenvalue weighted by molar-refractivity contribution is 0.193. The van der Waals surface area contributed by atoms with Gasteiger partial charge in [0.1, 0.15) is 5.82 Å². The Hall–Kier alpha value is -1.14. The number of nitrogens with one attached hydrogen (secondary N) is 3. The predicted octanol–water partition coefficient (Wildman–Crippen LogP) is -1.51. The second-order valence-electron chi connectivity index (χ2n) is 2.91. The van der Waals surface area contributed by atoms with E-state index in [2.05, 4.69) is 20.5 Å². The molecule has 2 rings (SSSR count). The number of aromatic amines is 2. The Morgan fingerprint density at radius 2 is 2.42 bits per heavy atom. The lowest BCUT2D eigenvalue weighted by Gasteiger charge is -2.02. The summed E-state index contributed by atoms with van der Waals surface area (Å²) < 4.78 is 0. The number of hydrogen-bond acceptors (Lipinski definition) is 4. The van der Waals surface area contributed by atoms with Crippen molar-refractivity contribution in [1.29, 1.82) is 0 Å². The minimum atomic E-state index is -0.338. The van der Waals surface area contributed by atoms with Gasteiger partial charge in [-0.1, -0.05) is 0 Å². The van der Waals surface area contributed by atoms with E-state index in [1.807, 2.05) is 0 Å². The molecule has 0 bridgehead atoms. The molecule has 6 heteroatoms. The van der Waals surface area contributed by atoms with E-state index >= 15 is 0 Å². The first-order chi connectivity index (χ1) is 5.75. The number of H-pyrrole nitrogens is 2. The first-order valence-electron chi connectivity index (χ1n) is 3.82. The molecular formula is C6H10N4O2. The Kier molecular flexibility index (Phi) is 1.70. The van der Waals surface area contributed by atoms with E-state index in [0.717, 1.165) is 0 Å². The van der Waals surface area contributed by atoms with Gasteiger partial charge >= 0.3 is 5.69 Å². The number of aliphatic hydroxyl groups is 1. The van der Waals surface area contributed by atoms with Crippen molar-refractivity contribution in [2.45, 2.75) is 18.6 Å². The molecular weight excluding hydrogens is 160 g/mol. The van der Waals surface area contributed by atoms with Crippen molar-refractivity contribution in [2.75, 3.05) is 6.54 Å². The van der Waals surface area contributed by atoms with Crippen molar-refractivity contribution < 1.29 is 5.11 Å². The Labute approximate surface area is 68.0 Å². The first kappa shape index (κ1) is 7.51. The van der Waals surface area contributed by atoms with Crippen molar-refractivity contribution in [2.24, 2.45) is 0 Å². The average molecular weight is 170 g/mol. The summed E-state index contributed by atoms with van der Waals surface area (Å²) in [5.41, 5.74) is -0.312. The van der Waals surface area contributed by atoms with Gasteiger partial charge in [0.2, 0.25) is 0 Å². The molecule has 2 heterocycles. The van der Waals surface area contributed by atoms with Crippen molar-refractivity contribution >= 4 is 0 Å². The Bertz CT molecular complexity index is 317. The van der Waals surface area contributed by atoms with Crippen LogP contribution in [0, 0.1) is 0 Å². The molecule has 0 spiro atoms. The van der Waals surface area contributed by atoms with Gasteiger partial charge in [-0.15, -0.1) is 0 Å². The minimum absolute atomic E-state index is 0.0288. The molecule has 0 aromatic carbocycles. The lowest BCUT2D eigenvalue weighted by Crippen LogP contribution is -2.16. The van der Waals surface area contributed by atoms with E-state index in [0.29, 0.717) is 18.8 Å². The maximum atomic E-state index is 10.7. The van der Waals surface area contributed by atoms with Gasteiger partial charge < -0.3 is 10.4 Å². The van der Waals surface area contributed by atoms with E-state index in [1.54, 1.807) is 0 Å². The molecule has 1 aliphatic rings. The highest BCUT2D eigenvalue weighted by atomic mass is 16.3. The predicted molar refractivity (Wildman–Crippen MR) is 40.6 cm³/mol. The summed E-state index contributed by atoms with van der Waals surface area (Å²) >= 11 is 0. The van der Waals surface area contributed by atoms with Gasteiger partial charge in [0, 0.05) is 6.54 Å². The van der Waals surface area contributed by atoms with E-state index in [4.69, 9.17) is 0 Å². The normalized spacial score (nSPS) is 29.4. The third-order valence-electron chi connectivity index (χ3n) is 1.96. The van der Waals surface area contributed by atoms with Gasteiger partial charge in [0.25, 0.3) is 0 Å². The van der Waals surface area contributed by atoms with Crippen LogP contribution < -0.4 is 11.0 Å². The number of hydrogen-bond donors (Lipinski definition) is 4. The van der Waals surface area contributed by atoms with E-state index in [9.17, 15) is 9.90 Å². The summed E-state index contributed by atoms with van der Waals surface area (Å²) in [6.07, 6.45) is 0.260. The summed E-state index contributed by atoms with van der Waals surface area (Å²) in [6, 6.07) is -0.0288. The zero-order valence-corrected chi connectivity index (χ0v) is 6.37. The van der Waals surface area contributed by atoms with Gasteiger partial charge in [0.05, 0.1) is 12.1 Å². The van der Waals surface area contributed by atoms with Crippen LogP contribution in [0.25, 0.3) is 0 Å². The van der Waals surface area contributed by atoms with Crippen LogP contribution >= 0.6 is 0 Å². The first-order valence-corrected chi connectivity index (χ1v) is 3.82. The maximum absolute atomic E-state index is 10.7. The molecule has 1 unspecified atom stereocenters. The Morgan fingerprint density at radius 3 is 2.92 bits per heavy atom. The molecule has 6 nitrogen and oxygen atoms in total. The Morgan fingerprint density at radius 1 is 1.58 bits per heavy atom. The van der Waals surface area contributed by atoms with E-state index in [1.165, 1.54) is 0 Å². The number of β-amino-alcohol motifs (C(OH)–C–C–N with tert-alkyl or cyclic N) is 1. The summed E-state index contributed by atoms with van der Waals surface area (Å²) in [5.74, 6) is 0.566. The summed E-state index contributed by atoms with van der Waals surface area (Å²) in [6.45, 7) is 0.555. The SMILES string of the molecule is O=c1[nH]nc([C@@H]2CC(O)CN2)[nH]1. The smallest absolute Gasteiger partial charge is 0.340 e. The van der Waals surface area contributed by atoms with Crippen molar-refractivity contribution in [1.82, 2.24) is 20.5 Å². The van der Waals surface area contributed by atoms with Gasteiger partial charge in [-0.3, -0.25) is 4.98 Å². The lowest BCUT2D eigenvalue weighted by atomic mass is 10.2. The fraction of sp³-hybridized carbons (Fsp3) is 0.667. The van der Waals surface area contributed by atoms with Crippen LogP contribution in [0.4, 0.5) is 0 Å². The molecule has 66 valence electrons. The second kappa shape index (κ2) is 2.72. The molecule has 0 saturated carbocycles. The second-order valence-corrected chi connectivity index (χ2v) is 2.91. The fourth-order valence-corrected chi connectivity index (χ4v) is 1.37. The summed E-state index contributed by atoms with van der Waals surface area (Å²) in [4.78, 5) is 13.2. The average Bonchev–Trinajstić information content (AvgIpc) is 2.58. The van der Waals surface area contributed by atoms with Crippen LogP contribution in [-0.2, 0) is 0 Å². The highest BCUT2D eigenvalue weighted by Gasteiger charge is 2.25. The third-order valence-corrected chi connectivity index (χ3v) is 1.96. The molecule has 1 aromatic rings. The molecule has 1 saturated heterocycles. The van der Waals surface area contributed by atoms with Crippen LogP contribution in [-0.4, -0.2) is 32.9 Å². The van der Waals surface area contributed by atoms with Gasteiger partial charge in [0.15, 0.2) is 0 Å². The third kappa shape index (κ3) is 1.26. The van der Waals surface area contributed by atoms with Gasteiger partial charge in [-0.25, -0.2) is 9.89 Å². The highest BCUT2D eigenvalue weighted by Crippen LogP contribution is 2.18. The quantitative estimate of drug-likeness (QED) is 0.412. The van der Waals surface area contributed by atoms with Gasteiger partial charge in [-0.05, 0) is 6.42 Å². The van der Waals surface area contributed by atoms with Crippen LogP contribution in [0.3, 0.4) is 0 Å². The molecule has 0 amide bonds. The number of aromatic nitrogens is 3. The molecule has 1 aromatic heterocycles. The summed E-state index contributed by atoms with van der Waals surface area (Å²) in [5, 5.41) is 18.3. The molecule has 4 N–H and O–H groups in total. The zero-order chi connectivity index (χ0) is 8.55. The van der Waals surface area contributed by atoms with E-state index < -0.39 is 0 Å². The molecule has 12 heavy (non-hydrogen) atoms. The largest absolute Gasteiger partial charge is 0.392 e. The molecule has 0 radical (unpaired) electrons. The molecule has 1 aliphatic heterocycles. The van der Waals surface area contributed by atoms with E-state index in [-0.39, 0.29) is 17.8 Å². The van der Waals surface area contributed by atoms with Crippen LogP contribution in [0.2, 0.25) is 0 Å². The number of nitrogens with zero attached hydrogens (tertiary/aromatic N) is 1. The molecule has 2 atom stereocenters. The highest BCUT2D eigenvalue weighted by molar-refractivity contribution is 4.96. The molecule has 0 aliphatic carbocycles. The van der Waals surface area contributed by atoms with Crippen molar-refractivity contribution in [3.8, 4) is 0 Å². The fourth-order valence-electron chi connectivity index (χ4n) is 1.37. The topological polar surface area (TPSA) is 93.8 Å². The summed E-state index contributed by atoms with van der Waals surface area (Å²) in [7, 11) is 0. The monoisotopic (exact) mass is 170 g/mol. The standard InChI is InChI=1S/C6H10N4O2/c11-3-1-4(7-2-3)5-8-6(12)10-9-5/h3-4,7,11H,1-2H2,(H2,8,9,10,12)/t3?,4-/m0/s1. The Balaban J connectivity index is 2.16. The minimum Gasteiger partial charge on any atom is -0.392 e. The van der Waals surface area contributed by atoms with Crippen LogP contribution in [0.5, 0.6) is 0 Å². The van der Waals surface area contributed by atoms with Gasteiger partial charge in [-0.2, -0.15) is 5.10 Å². The zero-order valence-electron chi connectivity index (χ0n) is 6.37. The van der Waals surface area contributed by atoms with Crippen LogP contribution in [0.1, 0.15) is 18.3 Å². The molecule has 1 fully saturated rings. The van der Waals surface area contributed by atoms with Crippen molar-refractivity contribution in [3.63, 3.8) is 0 Å². The maximum Gasteiger partial charge on any atom is 0.340 e. The van der Waals surface area contributed by atoms with Crippen LogP contribution in [0.15, 0.2) is 4.79 Å². The van der Waals surface area contributed by atoms with Crippen molar-refractivity contribution in [3.05, 3.63) is 16.3 Å². The number of aliphatic hydroxyl groups excluding tert-OH is 1. The number of rotatable bonds is 1.